The zero-order chi connectivity index (χ0) is 27.9. The number of carbonyl (C=O) groups is 1. The minimum Gasteiger partial charge on any atom is -0.495 e. The maximum absolute atomic E-state index is 12.3. The van der Waals surface area contributed by atoms with E-state index in [1.807, 2.05) is 29.2 Å². The number of fused-ring (bicyclic) bond motifs is 1. The van der Waals surface area contributed by atoms with Gasteiger partial charge in [0.15, 0.2) is 11.5 Å². The summed E-state index contributed by atoms with van der Waals surface area (Å²) in [5.74, 6) is 2.28. The Morgan fingerprint density at radius 1 is 1.08 bits per heavy atom. The fraction of sp³-hybridized carbons (Fsp3) is 0.548. The number of nitrogens with zero attached hydrogens (tertiary/aromatic N) is 3. The number of hydrogen-bond acceptors (Lipinski definition) is 6. The Bertz CT molecular complexity index is 1160. The van der Waals surface area contributed by atoms with Gasteiger partial charge < -0.3 is 24.0 Å². The highest BCUT2D eigenvalue weighted by atomic mass is 16.5. The summed E-state index contributed by atoms with van der Waals surface area (Å²) in [7, 11) is 7.04. The lowest BCUT2D eigenvalue weighted by molar-refractivity contribution is -0.116. The zero-order valence-electron chi connectivity index (χ0n) is 24.1. The third-order valence-electron chi connectivity index (χ3n) is 7.98. The van der Waals surface area contributed by atoms with Gasteiger partial charge >= 0.3 is 0 Å². The van der Waals surface area contributed by atoms with Gasteiger partial charge in [-0.3, -0.25) is 4.79 Å². The molecule has 1 amide bonds. The summed E-state index contributed by atoms with van der Waals surface area (Å²) in [6.07, 6.45) is 4.48. The van der Waals surface area contributed by atoms with E-state index < -0.39 is 5.41 Å². The number of amides is 1. The average molecular weight is 522 g/mol. The number of methoxy groups -OCH3 is 3. The molecule has 7 heteroatoms. The highest BCUT2D eigenvalue weighted by molar-refractivity contribution is 5.95. The number of carbonyl (C=O) groups excluding carboxylic acids is 1. The Kier molecular flexibility index (Phi) is 10.0. The maximum Gasteiger partial charge on any atom is 0.223 e. The molecule has 0 radical (unpaired) electrons. The molecule has 0 N–H and O–H groups in total. The largest absolute Gasteiger partial charge is 0.495 e. The molecule has 3 rings (SSSR count). The van der Waals surface area contributed by atoms with Crippen LogP contribution in [-0.4, -0.2) is 58.8 Å². The molecule has 1 unspecified atom stereocenters. The summed E-state index contributed by atoms with van der Waals surface area (Å²) < 4.78 is 16.5. The summed E-state index contributed by atoms with van der Waals surface area (Å²) in [5, 5.41) is 10.3. The Morgan fingerprint density at radius 2 is 1.76 bits per heavy atom. The number of nitriles is 1. The van der Waals surface area contributed by atoms with E-state index in [2.05, 4.69) is 37.9 Å². The van der Waals surface area contributed by atoms with Crippen molar-refractivity contribution in [3.05, 3.63) is 47.0 Å². The Morgan fingerprint density at radius 3 is 2.37 bits per heavy atom. The van der Waals surface area contributed by atoms with Crippen LogP contribution >= 0.6 is 0 Å². The summed E-state index contributed by atoms with van der Waals surface area (Å²) in [6, 6.07) is 12.6. The number of rotatable bonds is 12. The molecule has 1 aliphatic rings. The number of likely N-dealkylation sites (N-methyl/N-ethyl adjacent to an activating group) is 1. The SMILES string of the molecule is COc1ccc(C(C#N)(CCCN(C)CCc2ccc(OC)c3c2CCCN3C(C)=O)C(C)C)cc1OC. The van der Waals surface area contributed by atoms with E-state index in [0.29, 0.717) is 11.5 Å². The molecule has 1 heterocycles. The minimum atomic E-state index is -0.606. The molecule has 7 nitrogen and oxygen atoms in total. The number of anilines is 1. The fourth-order valence-corrected chi connectivity index (χ4v) is 5.65. The Labute approximate surface area is 228 Å². The summed E-state index contributed by atoms with van der Waals surface area (Å²) in [4.78, 5) is 16.5. The van der Waals surface area contributed by atoms with Gasteiger partial charge in [-0.15, -0.1) is 0 Å². The van der Waals surface area contributed by atoms with Crippen LogP contribution in [-0.2, 0) is 23.1 Å². The molecular formula is C31H43N3O4. The van der Waals surface area contributed by atoms with Crippen molar-refractivity contribution >= 4 is 11.6 Å². The number of hydrogen-bond donors (Lipinski definition) is 0. The fourth-order valence-electron chi connectivity index (χ4n) is 5.65. The smallest absolute Gasteiger partial charge is 0.223 e. The van der Waals surface area contributed by atoms with Gasteiger partial charge in [0.25, 0.3) is 0 Å². The van der Waals surface area contributed by atoms with Crippen LogP contribution in [0.2, 0.25) is 0 Å². The first-order valence-corrected chi connectivity index (χ1v) is 13.5. The molecule has 1 atom stereocenters. The van der Waals surface area contributed by atoms with Crippen molar-refractivity contribution < 1.29 is 19.0 Å². The normalized spacial score (nSPS) is 14.6. The van der Waals surface area contributed by atoms with E-state index in [-0.39, 0.29) is 11.8 Å². The van der Waals surface area contributed by atoms with Crippen LogP contribution in [0.25, 0.3) is 0 Å². The van der Waals surface area contributed by atoms with Crippen molar-refractivity contribution in [2.75, 3.05) is 52.9 Å². The molecule has 0 aliphatic carbocycles. The topological polar surface area (TPSA) is 75.0 Å². The van der Waals surface area contributed by atoms with E-state index in [1.165, 1.54) is 11.1 Å². The van der Waals surface area contributed by atoms with E-state index >= 15 is 0 Å². The second-order valence-corrected chi connectivity index (χ2v) is 10.5. The first-order chi connectivity index (χ1) is 18.2. The van der Waals surface area contributed by atoms with Crippen molar-refractivity contribution in [2.45, 2.75) is 58.3 Å². The second kappa shape index (κ2) is 13.0. The molecule has 0 bridgehead atoms. The molecule has 0 saturated carbocycles. The first-order valence-electron chi connectivity index (χ1n) is 13.5. The lowest BCUT2D eigenvalue weighted by atomic mass is 9.69. The third-order valence-corrected chi connectivity index (χ3v) is 7.98. The van der Waals surface area contributed by atoms with Crippen LogP contribution in [0.5, 0.6) is 17.2 Å². The Hall–Kier alpha value is -3.24. The van der Waals surface area contributed by atoms with Crippen LogP contribution in [0, 0.1) is 17.2 Å². The van der Waals surface area contributed by atoms with Gasteiger partial charge in [0.2, 0.25) is 5.91 Å². The predicted octanol–water partition coefficient (Wildman–Crippen LogP) is 5.38. The summed E-state index contributed by atoms with van der Waals surface area (Å²) >= 11 is 0. The lowest BCUT2D eigenvalue weighted by Gasteiger charge is -2.33. The van der Waals surface area contributed by atoms with Crippen molar-refractivity contribution in [3.8, 4) is 23.3 Å². The van der Waals surface area contributed by atoms with E-state index in [4.69, 9.17) is 14.2 Å². The maximum atomic E-state index is 12.3. The quantitative estimate of drug-likeness (QED) is 0.373. The molecule has 0 saturated heterocycles. The van der Waals surface area contributed by atoms with Gasteiger partial charge in [0.05, 0.1) is 38.5 Å². The van der Waals surface area contributed by atoms with Gasteiger partial charge in [-0.1, -0.05) is 26.0 Å². The standard InChI is InChI=1S/C31H43N3O4/c1-22(2)31(21-32,25-12-14-27(36-5)29(20-25)38-7)16-9-17-33(4)19-15-24-11-13-28(37-6)30-26(24)10-8-18-34(30)23(3)35/h11-14,20,22H,8-10,15-19H2,1-7H3. The molecule has 2 aromatic carbocycles. The van der Waals surface area contributed by atoms with Crippen LogP contribution < -0.4 is 19.1 Å². The third kappa shape index (κ3) is 6.07. The molecule has 38 heavy (non-hydrogen) atoms. The van der Waals surface area contributed by atoms with Crippen molar-refractivity contribution in [1.29, 1.82) is 5.26 Å². The van der Waals surface area contributed by atoms with E-state index in [1.54, 1.807) is 28.3 Å². The molecular weight excluding hydrogens is 478 g/mol. The van der Waals surface area contributed by atoms with Crippen LogP contribution in [0.4, 0.5) is 5.69 Å². The van der Waals surface area contributed by atoms with Gasteiger partial charge in [-0.2, -0.15) is 5.26 Å². The van der Waals surface area contributed by atoms with E-state index in [0.717, 1.165) is 68.7 Å². The van der Waals surface area contributed by atoms with Crippen LogP contribution in [0.15, 0.2) is 30.3 Å². The summed E-state index contributed by atoms with van der Waals surface area (Å²) in [6.45, 7) is 8.37. The molecule has 1 aliphatic heterocycles. The van der Waals surface area contributed by atoms with Crippen LogP contribution in [0.3, 0.4) is 0 Å². The van der Waals surface area contributed by atoms with E-state index in [9.17, 15) is 10.1 Å². The molecule has 2 aromatic rings. The van der Waals surface area contributed by atoms with Gasteiger partial charge in [-0.05, 0) is 86.5 Å². The van der Waals surface area contributed by atoms with Crippen LogP contribution in [0.1, 0.15) is 56.7 Å². The highest BCUT2D eigenvalue weighted by Gasteiger charge is 2.36. The molecule has 0 spiro atoms. The summed E-state index contributed by atoms with van der Waals surface area (Å²) in [5.41, 5.74) is 3.81. The van der Waals surface area contributed by atoms with Crippen molar-refractivity contribution in [1.82, 2.24) is 4.90 Å². The van der Waals surface area contributed by atoms with Gasteiger partial charge in [0, 0.05) is 20.0 Å². The van der Waals surface area contributed by atoms with Gasteiger partial charge in [-0.25, -0.2) is 0 Å². The van der Waals surface area contributed by atoms with Gasteiger partial charge in [0.1, 0.15) is 5.75 Å². The van der Waals surface area contributed by atoms with Crippen molar-refractivity contribution in [2.24, 2.45) is 5.92 Å². The second-order valence-electron chi connectivity index (χ2n) is 10.5. The average Bonchev–Trinajstić information content (AvgIpc) is 2.93. The lowest BCUT2D eigenvalue weighted by Crippen LogP contribution is -2.34. The number of ether oxygens (including phenoxy) is 3. The van der Waals surface area contributed by atoms with Crippen molar-refractivity contribution in [3.63, 3.8) is 0 Å². The molecule has 0 aromatic heterocycles. The minimum absolute atomic E-state index is 0.0547. The molecule has 0 fully saturated rings. The monoisotopic (exact) mass is 521 g/mol. The zero-order valence-corrected chi connectivity index (χ0v) is 24.1. The predicted molar refractivity (Wildman–Crippen MR) is 151 cm³/mol. The molecule has 206 valence electrons. The number of benzene rings is 2. The Balaban J connectivity index is 1.69. The first kappa shape index (κ1) is 29.3. The highest BCUT2D eigenvalue weighted by Crippen LogP contribution is 2.41.